The number of para-hydroxylation sites is 1. The van der Waals surface area contributed by atoms with Crippen molar-refractivity contribution >= 4 is 111 Å². The fourth-order valence-corrected chi connectivity index (χ4v) is 15.0. The fourth-order valence-electron chi connectivity index (χ4n) is 13.7. The van der Waals surface area contributed by atoms with Crippen LogP contribution in [0.5, 0.6) is 28.7 Å². The summed E-state index contributed by atoms with van der Waals surface area (Å²) in [5, 5.41) is 33.4. The van der Waals surface area contributed by atoms with Crippen molar-refractivity contribution in [2.24, 2.45) is 73.4 Å². The Morgan fingerprint density at radius 3 is 1.70 bits per heavy atom. The number of ketones is 1. The minimum absolute atomic E-state index is 0.0121. The van der Waals surface area contributed by atoms with Gasteiger partial charge in [-0.15, -0.1) is 0 Å². The van der Waals surface area contributed by atoms with Crippen molar-refractivity contribution in [3.05, 3.63) is 65.4 Å². The molecule has 2 aliphatic heterocycles. The second-order valence-corrected chi connectivity index (χ2v) is 30.3. The van der Waals surface area contributed by atoms with Gasteiger partial charge in [0.2, 0.25) is 65.7 Å². The van der Waals surface area contributed by atoms with Gasteiger partial charge in [-0.05, 0) is 174 Å². The number of methoxy groups -OCH3 is 2. The topological polar surface area (TPSA) is 634 Å². The molecule has 0 spiro atoms. The number of hydrogen-bond acceptors (Lipinski definition) is 26. The number of cyclic esters (lactones) is 1. The molecule has 0 radical (unpaired) electrons. The highest BCUT2D eigenvalue weighted by atomic mass is 32.2. The van der Waals surface area contributed by atoms with E-state index in [9.17, 15) is 57.8 Å². The summed E-state index contributed by atoms with van der Waals surface area (Å²) >= 11 is 2.43. The largest absolute Gasteiger partial charge is 0.502 e. The Kier molecular flexibility index (Phi) is 38.1. The van der Waals surface area contributed by atoms with Gasteiger partial charge in [-0.3, -0.25) is 62.7 Å². The van der Waals surface area contributed by atoms with E-state index in [0.29, 0.717) is 96.7 Å². The third-order valence-corrected chi connectivity index (χ3v) is 21.6. The SMILES string of the molecule is COc1cc(-c2c3c(cc4c2OCO4)[C@@H](OCC(=O)CSC[C@H](N)C(=O)NCCC(=O)N[C@@H](CCCN=C(N)N)C(=O)N[C@@H](CCCN=C(N)N)C(=O)N[C@@H](CCSC)C(=O)N[C@@H](CCCCN)C(=O)N[C@@H](Cc2c[nH]c4ccccc24)C(=O)N[C@@H](CCCCN)C(=O)N[C@@H](CCCCN)C(N)=O)[C@H]2COC(=O)[C@@H]2C3)cc(OC)c1O. The number of aromatic hydroxyl groups is 1. The molecule has 0 bridgehead atoms. The molecule has 638 valence electrons. The normalized spacial score (nSPS) is 16.5. The van der Waals surface area contributed by atoms with Crippen LogP contribution in [0.3, 0.4) is 0 Å². The van der Waals surface area contributed by atoms with Crippen molar-refractivity contribution in [1.29, 1.82) is 0 Å². The maximum atomic E-state index is 14.9. The molecule has 28 N–H and O–H groups in total. The molecule has 9 amide bonds. The van der Waals surface area contributed by atoms with Crippen LogP contribution in [-0.4, -0.2) is 232 Å². The number of ether oxygens (including phenoxy) is 6. The number of phenolic OH excluding ortho intramolecular Hbond substituents is 1. The van der Waals surface area contributed by atoms with Gasteiger partial charge < -0.3 is 133 Å². The molecule has 40 heteroatoms. The van der Waals surface area contributed by atoms with Crippen molar-refractivity contribution in [2.75, 3.05) is 97.0 Å². The zero-order valence-corrected chi connectivity index (χ0v) is 67.4. The third kappa shape index (κ3) is 27.7. The van der Waals surface area contributed by atoms with Crippen LogP contribution >= 0.6 is 23.5 Å². The van der Waals surface area contributed by atoms with E-state index in [4.69, 9.17) is 80.0 Å². The molecule has 0 unspecified atom stereocenters. The number of aliphatic imine (C=N–C) groups is 2. The molecule has 38 nitrogen and oxygen atoms in total. The first-order valence-corrected chi connectivity index (χ1v) is 41.3. The first kappa shape index (κ1) is 92.8. The van der Waals surface area contributed by atoms with E-state index in [-0.39, 0.29) is 163 Å². The van der Waals surface area contributed by atoms with E-state index < -0.39 is 125 Å². The van der Waals surface area contributed by atoms with Crippen molar-refractivity contribution in [2.45, 2.75) is 164 Å². The summed E-state index contributed by atoms with van der Waals surface area (Å²) in [4.78, 5) is 165. The number of aromatic nitrogens is 1. The molecule has 1 aromatic heterocycles. The number of nitrogens with one attached hydrogen (secondary N) is 9. The van der Waals surface area contributed by atoms with Gasteiger partial charge in [0.1, 0.15) is 48.9 Å². The van der Waals surface area contributed by atoms with Crippen LogP contribution in [-0.2, 0) is 75.1 Å². The quantitative estimate of drug-likeness (QED) is 0.0100. The van der Waals surface area contributed by atoms with Gasteiger partial charge >= 0.3 is 5.97 Å². The average Bonchev–Trinajstić information content (AvgIpc) is 1.48. The number of unbranched alkanes of at least 4 members (excludes halogenated alkanes) is 3. The molecule has 0 saturated carbocycles. The van der Waals surface area contributed by atoms with Crippen molar-refractivity contribution in [3.8, 4) is 39.9 Å². The molecule has 3 aromatic carbocycles. The average molecular weight is 1660 g/mol. The zero-order valence-electron chi connectivity index (χ0n) is 65.8. The second-order valence-electron chi connectivity index (χ2n) is 28.3. The molecule has 7 rings (SSSR count). The Bertz CT molecular complexity index is 4060. The Balaban J connectivity index is 0.994. The van der Waals surface area contributed by atoms with Crippen molar-refractivity contribution in [3.63, 3.8) is 0 Å². The third-order valence-electron chi connectivity index (χ3n) is 19.8. The smallest absolute Gasteiger partial charge is 0.309 e. The zero-order chi connectivity index (χ0) is 84.4. The van der Waals surface area contributed by atoms with E-state index in [1.807, 2.05) is 24.3 Å². The summed E-state index contributed by atoms with van der Waals surface area (Å²) in [7, 11) is 2.79. The van der Waals surface area contributed by atoms with Crippen LogP contribution in [0.15, 0.2) is 58.6 Å². The van der Waals surface area contributed by atoms with Gasteiger partial charge in [-0.2, -0.15) is 23.5 Å². The fraction of sp³-hybridized carbons (Fsp3) is 0.566. The number of nitrogens with zero attached hydrogens (tertiary/aromatic N) is 2. The monoisotopic (exact) mass is 1660 g/mol. The Hall–Kier alpha value is -10.4. The van der Waals surface area contributed by atoms with E-state index >= 15 is 0 Å². The van der Waals surface area contributed by atoms with Crippen molar-refractivity contribution < 1.29 is 86.3 Å². The number of rotatable bonds is 53. The molecule has 1 saturated heterocycles. The number of esters is 1. The summed E-state index contributed by atoms with van der Waals surface area (Å²) in [5.74, 6) is -8.18. The van der Waals surface area contributed by atoms with Gasteiger partial charge in [0.25, 0.3) is 0 Å². The number of fused-ring (bicyclic) bond motifs is 4. The van der Waals surface area contributed by atoms with Crippen LogP contribution < -0.4 is 113 Å². The van der Waals surface area contributed by atoms with E-state index in [1.54, 1.807) is 30.7 Å². The molecular weight excluding hydrogens is 1550 g/mol. The lowest BCUT2D eigenvalue weighted by atomic mass is 9.73. The number of carbonyl (C=O) groups excluding carboxylic acids is 11. The highest BCUT2D eigenvalue weighted by Gasteiger charge is 2.49. The predicted molar refractivity (Wildman–Crippen MR) is 437 cm³/mol. The summed E-state index contributed by atoms with van der Waals surface area (Å²) in [6.07, 6.45) is 5.61. The summed E-state index contributed by atoms with van der Waals surface area (Å²) in [6.45, 7) is 0.244. The number of benzene rings is 3. The molecular formula is C76H114N20O18S2. The highest BCUT2D eigenvalue weighted by molar-refractivity contribution is 8.00. The minimum atomic E-state index is -1.40. The number of phenols is 1. The lowest BCUT2D eigenvalue weighted by Gasteiger charge is -2.34. The number of aromatic amines is 1. The Morgan fingerprint density at radius 2 is 1.16 bits per heavy atom. The number of carbonyl (C=O) groups is 11. The van der Waals surface area contributed by atoms with Gasteiger partial charge in [0.05, 0.1) is 44.6 Å². The van der Waals surface area contributed by atoms with E-state index in [0.717, 1.165) is 22.7 Å². The maximum Gasteiger partial charge on any atom is 0.309 e. The maximum absolute atomic E-state index is 14.9. The summed E-state index contributed by atoms with van der Waals surface area (Å²) in [6, 6.07) is 2.07. The van der Waals surface area contributed by atoms with E-state index in [2.05, 4.69) is 57.5 Å². The van der Waals surface area contributed by atoms with Crippen LogP contribution in [0.4, 0.5) is 0 Å². The molecule has 11 atom stereocenters. The van der Waals surface area contributed by atoms with Gasteiger partial charge in [-0.25, -0.2) is 0 Å². The lowest BCUT2D eigenvalue weighted by Crippen LogP contribution is -2.60. The minimum Gasteiger partial charge on any atom is -0.502 e. The first-order chi connectivity index (χ1) is 55.7. The predicted octanol–water partition coefficient (Wildman–Crippen LogP) is -1.81. The van der Waals surface area contributed by atoms with Gasteiger partial charge in [0.15, 0.2) is 40.7 Å². The number of amides is 9. The Labute approximate surface area is 681 Å². The molecule has 3 heterocycles. The van der Waals surface area contributed by atoms with Crippen LogP contribution in [0, 0.1) is 11.8 Å². The summed E-state index contributed by atoms with van der Waals surface area (Å²) in [5.41, 5.74) is 55.6. The first-order valence-electron chi connectivity index (χ1n) is 38.7. The number of primary amides is 1. The number of H-pyrrole nitrogens is 1. The highest BCUT2D eigenvalue weighted by Crippen LogP contribution is 2.55. The molecule has 1 aliphatic carbocycles. The number of guanidine groups is 2. The Morgan fingerprint density at radius 1 is 0.638 bits per heavy atom. The number of hydrogen-bond donors (Lipinski definition) is 19. The van der Waals surface area contributed by atoms with Crippen LogP contribution in [0.1, 0.15) is 119 Å². The summed E-state index contributed by atoms with van der Waals surface area (Å²) < 4.78 is 34.7. The lowest BCUT2D eigenvalue weighted by molar-refractivity contribution is -0.141. The molecule has 1 fully saturated rings. The van der Waals surface area contributed by atoms with Crippen LogP contribution in [0.2, 0.25) is 0 Å². The van der Waals surface area contributed by atoms with Gasteiger partial charge in [0, 0.05) is 66.8 Å². The second kappa shape index (κ2) is 47.6. The van der Waals surface area contributed by atoms with Crippen molar-refractivity contribution in [1.82, 2.24) is 47.5 Å². The molecule has 116 heavy (non-hydrogen) atoms. The van der Waals surface area contributed by atoms with E-state index in [1.165, 1.54) is 26.0 Å². The number of thioether (sulfide) groups is 2. The van der Waals surface area contributed by atoms with Crippen LogP contribution in [0.25, 0.3) is 22.0 Å². The number of Topliss-reactive ketones (excluding diaryl/α,β-unsaturated/α-hetero) is 1. The molecule has 3 aliphatic rings. The molecule has 4 aromatic rings. The number of nitrogens with two attached hydrogens (primary N) is 9. The standard InChI is InChI=1S/C76H114N20O18S2/c1-109-58-31-41(32-59(110-2)63(58)99)62-45-33-47-48(37-112-74(47)108)64(46(45)34-60-65(62)114-40-113-60)111-36-43(97)38-116-39-49(80)67(101)86-28-21-61(98)90-52(19-12-26-87-75(82)83)68(102)93-55(20-13-27-88-76(84)85)70(104)95-56(22-29-115-3)72(106)92-54(18-8-11-25-79)71(105)96-57(30-42-35-89-50-15-5-4-14-44(42)50)73(107)94-53(17-7-10-24-78)69(103)91-51(66(81)100)16-6-9-23-77/h4-5,14-15,31-32,34-35,47-49,51-57,64,89,99H,6-13,16-30,33,36-40,77-80H2,1-3H3,(H2,81,100)(H,86,101)(H,90,98)(H,91,103)(H,92,106)(H,93,102)(H,94,107)(H,95,104)(H,96,105)(H4,82,83,87)(H4,84,85,88)/t47-,48+,49+,51+,52+,53+,54+,55+,56+,57+,64-/m1/s1. The van der Waals surface area contributed by atoms with Gasteiger partial charge in [-0.1, -0.05) is 18.2 Å².